The number of rotatable bonds is 9. The van der Waals surface area contributed by atoms with Crippen LogP contribution in [0, 0.1) is 28.1 Å². The molecule has 2 aromatic carbocycles. The van der Waals surface area contributed by atoms with Crippen LogP contribution in [0.2, 0.25) is 5.02 Å². The highest BCUT2D eigenvalue weighted by molar-refractivity contribution is 6.31. The Morgan fingerprint density at radius 1 is 0.932 bits per heavy atom. The smallest absolute Gasteiger partial charge is 0.278 e. The van der Waals surface area contributed by atoms with E-state index in [0.717, 1.165) is 74.8 Å². The molecule has 59 heavy (non-hydrogen) atoms. The third kappa shape index (κ3) is 7.37. The molecule has 5 heterocycles. The molecule has 1 aliphatic carbocycles. The SMILES string of the molecule is CC1(C)C(Oc2ccc(C#N)c(Cl)c2)C(C)(C)C1N1C(=O)CCC(n2nnc3ccc(N4CCC(CN5CCN(c6ccc(C(N)=O)cn6)CC5)CC4)cc3c2=O)C1=O. The zero-order chi connectivity index (χ0) is 41.8. The van der Waals surface area contributed by atoms with Crippen LogP contribution in [-0.4, -0.2) is 105 Å². The minimum atomic E-state index is -0.985. The number of piperazine rings is 1. The molecule has 3 amide bonds. The van der Waals surface area contributed by atoms with Crippen LogP contribution in [-0.2, 0) is 9.59 Å². The average Bonchev–Trinajstić information content (AvgIpc) is 3.22. The molecule has 0 radical (unpaired) electrons. The Labute approximate surface area is 347 Å². The number of ether oxygens (including phenoxy) is 1. The number of imide groups is 1. The van der Waals surface area contributed by atoms with Gasteiger partial charge in [-0.2, -0.15) is 9.94 Å². The molecule has 3 aliphatic heterocycles. The summed E-state index contributed by atoms with van der Waals surface area (Å²) in [7, 11) is 0. The van der Waals surface area contributed by atoms with Crippen LogP contribution in [0.25, 0.3) is 10.9 Å². The first-order valence-electron chi connectivity index (χ1n) is 20.3. The molecular weight excluding hydrogens is 772 g/mol. The average molecular weight is 821 g/mol. The highest BCUT2D eigenvalue weighted by atomic mass is 35.5. The van der Waals surface area contributed by atoms with Crippen molar-refractivity contribution in [2.24, 2.45) is 22.5 Å². The monoisotopic (exact) mass is 820 g/mol. The highest BCUT2D eigenvalue weighted by Gasteiger charge is 2.68. The second-order valence-corrected chi connectivity index (χ2v) is 17.9. The zero-order valence-electron chi connectivity index (χ0n) is 33.8. The molecule has 308 valence electrons. The number of nitrogens with two attached hydrogens (primary N) is 1. The second kappa shape index (κ2) is 15.5. The van der Waals surface area contributed by atoms with Crippen LogP contribution in [0.15, 0.2) is 59.5 Å². The Kier molecular flexibility index (Phi) is 10.6. The number of likely N-dealkylation sites (tertiary alicyclic amines) is 1. The van der Waals surface area contributed by atoms with Gasteiger partial charge < -0.3 is 20.3 Å². The Balaban J connectivity index is 0.915. The van der Waals surface area contributed by atoms with Gasteiger partial charge in [-0.25, -0.2) is 4.98 Å². The largest absolute Gasteiger partial charge is 0.489 e. The first-order chi connectivity index (χ1) is 28.2. The van der Waals surface area contributed by atoms with Gasteiger partial charge in [0.1, 0.15) is 35.3 Å². The van der Waals surface area contributed by atoms with Crippen LogP contribution in [0.3, 0.4) is 0 Å². The quantitative estimate of drug-likeness (QED) is 0.235. The topological polar surface area (TPSA) is 184 Å². The fourth-order valence-electron chi connectivity index (χ4n) is 10.2. The number of carbonyl (C=O) groups excluding carboxylic acids is 3. The van der Waals surface area contributed by atoms with Gasteiger partial charge in [0, 0.05) is 81.0 Å². The van der Waals surface area contributed by atoms with E-state index >= 15 is 0 Å². The van der Waals surface area contributed by atoms with E-state index < -0.39 is 46.4 Å². The molecule has 15 nitrogen and oxygen atoms in total. The van der Waals surface area contributed by atoms with Gasteiger partial charge in [-0.1, -0.05) is 44.5 Å². The first-order valence-corrected chi connectivity index (χ1v) is 20.6. The van der Waals surface area contributed by atoms with Gasteiger partial charge in [-0.15, -0.1) is 5.10 Å². The molecule has 4 aliphatic rings. The summed E-state index contributed by atoms with van der Waals surface area (Å²) in [5, 5.41) is 18.6. The van der Waals surface area contributed by atoms with E-state index in [2.05, 4.69) is 30.0 Å². The standard InChI is InChI=1S/C43H49ClN10O5/c1-42(2)40(43(3,4)41(42)59-30-8-5-27(23-45)32(44)22-30)53-36(55)12-10-34(39(53)58)54-38(57)31-21-29(7-9-33(31)48-49-54)51-15-13-26(14-16-51)25-50-17-19-52(20-18-50)35-11-6-28(24-47-35)37(46)56/h5-9,11,21-22,24,26,34,40-41H,10,12-20,25H2,1-4H3,(H2,46,56). The summed E-state index contributed by atoms with van der Waals surface area (Å²) in [5.74, 6) is 0.654. The molecule has 1 saturated carbocycles. The number of carbonyl (C=O) groups is 3. The van der Waals surface area contributed by atoms with Crippen LogP contribution in [0.4, 0.5) is 11.5 Å². The number of anilines is 2. The normalized spacial score (nSPS) is 23.5. The summed E-state index contributed by atoms with van der Waals surface area (Å²) in [5.41, 5.74) is 5.75. The summed E-state index contributed by atoms with van der Waals surface area (Å²) in [6.45, 7) is 14.2. The van der Waals surface area contributed by atoms with Crippen molar-refractivity contribution in [3.63, 3.8) is 0 Å². The predicted octanol–water partition coefficient (Wildman–Crippen LogP) is 4.42. The fraction of sp³-hybridized carbons (Fsp3) is 0.488. The lowest BCUT2D eigenvalue weighted by molar-refractivity contribution is -0.216. The van der Waals surface area contributed by atoms with E-state index in [1.807, 2.05) is 58.0 Å². The van der Waals surface area contributed by atoms with E-state index in [0.29, 0.717) is 33.7 Å². The predicted molar refractivity (Wildman–Crippen MR) is 222 cm³/mol. The van der Waals surface area contributed by atoms with Crippen LogP contribution in [0.5, 0.6) is 5.75 Å². The molecule has 4 fully saturated rings. The fourth-order valence-corrected chi connectivity index (χ4v) is 10.4. The lowest BCUT2D eigenvalue weighted by Crippen LogP contribution is -2.77. The van der Waals surface area contributed by atoms with Crippen molar-refractivity contribution in [2.45, 2.75) is 71.6 Å². The Morgan fingerprint density at radius 3 is 2.31 bits per heavy atom. The number of aromatic nitrogens is 4. The number of nitriles is 1. The van der Waals surface area contributed by atoms with Gasteiger partial charge in [0.05, 0.1) is 27.6 Å². The van der Waals surface area contributed by atoms with E-state index in [9.17, 15) is 24.4 Å². The number of halogens is 1. The summed E-state index contributed by atoms with van der Waals surface area (Å²) < 4.78 is 7.58. The van der Waals surface area contributed by atoms with Crippen molar-refractivity contribution in [1.29, 1.82) is 5.26 Å². The molecule has 1 atom stereocenters. The molecule has 16 heteroatoms. The molecule has 1 unspecified atom stereocenters. The lowest BCUT2D eigenvalue weighted by Gasteiger charge is -2.65. The maximum atomic E-state index is 14.4. The molecule has 8 rings (SSSR count). The van der Waals surface area contributed by atoms with Crippen molar-refractivity contribution >= 4 is 51.7 Å². The minimum Gasteiger partial charge on any atom is -0.489 e. The Morgan fingerprint density at radius 2 is 1.66 bits per heavy atom. The summed E-state index contributed by atoms with van der Waals surface area (Å²) >= 11 is 6.28. The van der Waals surface area contributed by atoms with Crippen LogP contribution >= 0.6 is 11.6 Å². The van der Waals surface area contributed by atoms with Crippen LogP contribution < -0.4 is 25.8 Å². The second-order valence-electron chi connectivity index (χ2n) is 17.5. The minimum absolute atomic E-state index is 0.0794. The van der Waals surface area contributed by atoms with Gasteiger partial charge in [-0.3, -0.25) is 29.0 Å². The van der Waals surface area contributed by atoms with Crippen molar-refractivity contribution in [3.05, 3.63) is 81.2 Å². The number of primary amides is 1. The highest BCUT2D eigenvalue weighted by Crippen LogP contribution is 2.59. The van der Waals surface area contributed by atoms with E-state index in [1.54, 1.807) is 24.3 Å². The van der Waals surface area contributed by atoms with E-state index in [-0.39, 0.29) is 23.8 Å². The summed E-state index contributed by atoms with van der Waals surface area (Å²) in [4.78, 5) is 66.4. The van der Waals surface area contributed by atoms with Gasteiger partial charge in [0.15, 0.2) is 0 Å². The van der Waals surface area contributed by atoms with E-state index in [4.69, 9.17) is 22.1 Å². The molecule has 4 aromatic rings. The number of nitrogens with zero attached hydrogens (tertiary/aromatic N) is 9. The number of hydrogen-bond donors (Lipinski definition) is 1. The Hall–Kier alpha value is -5.59. The molecular formula is C43H49ClN10O5. The number of piperidine rings is 2. The lowest BCUT2D eigenvalue weighted by atomic mass is 9.48. The maximum absolute atomic E-state index is 14.4. The third-order valence-electron chi connectivity index (χ3n) is 12.9. The number of amides is 3. The van der Waals surface area contributed by atoms with Crippen molar-refractivity contribution in [3.8, 4) is 11.8 Å². The number of fused-ring (bicyclic) bond motifs is 1. The third-order valence-corrected chi connectivity index (χ3v) is 13.3. The summed E-state index contributed by atoms with van der Waals surface area (Å²) in [6.07, 6.45) is 3.41. The molecule has 2 N–H and O–H groups in total. The number of benzene rings is 2. The van der Waals surface area contributed by atoms with Crippen molar-refractivity contribution in [2.75, 3.05) is 55.6 Å². The molecule has 0 bridgehead atoms. The maximum Gasteiger partial charge on any atom is 0.278 e. The number of pyridine rings is 1. The zero-order valence-corrected chi connectivity index (χ0v) is 34.6. The van der Waals surface area contributed by atoms with Gasteiger partial charge in [0.25, 0.3) is 11.5 Å². The molecule has 3 saturated heterocycles. The molecule has 2 aromatic heterocycles. The van der Waals surface area contributed by atoms with Gasteiger partial charge >= 0.3 is 0 Å². The van der Waals surface area contributed by atoms with Crippen molar-refractivity contribution in [1.82, 2.24) is 29.8 Å². The number of hydrogen-bond acceptors (Lipinski definition) is 12. The first kappa shape index (κ1) is 40.2. The van der Waals surface area contributed by atoms with Crippen molar-refractivity contribution < 1.29 is 19.1 Å². The molecule has 0 spiro atoms. The Bertz CT molecular complexity index is 2380. The summed E-state index contributed by atoms with van der Waals surface area (Å²) in [6, 6.07) is 14.7. The van der Waals surface area contributed by atoms with Gasteiger partial charge in [-0.05, 0) is 67.6 Å². The van der Waals surface area contributed by atoms with E-state index in [1.165, 1.54) is 11.1 Å². The van der Waals surface area contributed by atoms with Crippen LogP contribution in [0.1, 0.15) is 75.3 Å². The van der Waals surface area contributed by atoms with Gasteiger partial charge in [0.2, 0.25) is 11.8 Å².